The maximum atomic E-state index is 12.6. The fourth-order valence-electron chi connectivity index (χ4n) is 2.48. The number of ether oxygens (including phenoxy) is 1. The Labute approximate surface area is 153 Å². The van der Waals surface area contributed by atoms with E-state index in [1.807, 2.05) is 0 Å². The third-order valence-corrected chi connectivity index (χ3v) is 5.23. The predicted molar refractivity (Wildman–Crippen MR) is 97.3 cm³/mol. The van der Waals surface area contributed by atoms with Gasteiger partial charge in [-0.15, -0.1) is 11.8 Å². The second-order valence-corrected chi connectivity index (χ2v) is 7.12. The van der Waals surface area contributed by atoms with E-state index in [-0.39, 0.29) is 17.0 Å². The number of carbonyl (C=O) groups is 1. The molecule has 0 aliphatic carbocycles. The van der Waals surface area contributed by atoms with E-state index in [1.165, 1.54) is 12.1 Å². The molecule has 0 N–H and O–H groups in total. The average molecular weight is 379 g/mol. The van der Waals surface area contributed by atoms with Crippen LogP contribution in [0.15, 0.2) is 48.5 Å². The summed E-state index contributed by atoms with van der Waals surface area (Å²) < 4.78 is 5.70. The van der Waals surface area contributed by atoms with Crippen LogP contribution in [0.25, 0.3) is 0 Å². The topological polar surface area (TPSA) is 72.7 Å². The fourth-order valence-corrected chi connectivity index (χ4v) is 3.73. The smallest absolute Gasteiger partial charge is 0.269 e. The maximum Gasteiger partial charge on any atom is 0.269 e. The first-order chi connectivity index (χ1) is 12.0. The van der Waals surface area contributed by atoms with Crippen LogP contribution in [0.4, 0.5) is 5.69 Å². The van der Waals surface area contributed by atoms with Crippen molar-refractivity contribution in [2.24, 2.45) is 0 Å². The molecule has 130 valence electrons. The minimum Gasteiger partial charge on any atom is -0.491 e. The Morgan fingerprint density at radius 1 is 1.24 bits per heavy atom. The van der Waals surface area contributed by atoms with Gasteiger partial charge in [0.05, 0.1) is 4.92 Å². The van der Waals surface area contributed by atoms with Gasteiger partial charge in [0.15, 0.2) is 0 Å². The van der Waals surface area contributed by atoms with Gasteiger partial charge in [0.2, 0.25) is 0 Å². The van der Waals surface area contributed by atoms with Gasteiger partial charge in [-0.25, -0.2) is 0 Å². The number of nitro groups is 1. The van der Waals surface area contributed by atoms with Gasteiger partial charge in [0, 0.05) is 35.0 Å². The molecule has 1 amide bonds. The molecule has 0 spiro atoms. The quantitative estimate of drug-likeness (QED) is 0.583. The molecule has 25 heavy (non-hydrogen) atoms. The zero-order valence-corrected chi connectivity index (χ0v) is 14.7. The van der Waals surface area contributed by atoms with E-state index in [2.05, 4.69) is 0 Å². The number of nitro benzene ring substituents is 1. The van der Waals surface area contributed by atoms with Gasteiger partial charge in [-0.1, -0.05) is 11.6 Å². The normalized spacial score (nSPS) is 16.7. The summed E-state index contributed by atoms with van der Waals surface area (Å²) in [5.41, 5.74) is 0.606. The maximum absolute atomic E-state index is 12.6. The first-order valence-corrected chi connectivity index (χ1v) is 9.02. The summed E-state index contributed by atoms with van der Waals surface area (Å²) in [7, 11) is 0. The minimum atomic E-state index is -0.455. The van der Waals surface area contributed by atoms with Gasteiger partial charge in [0.1, 0.15) is 17.7 Å². The molecule has 1 aliphatic heterocycles. The van der Waals surface area contributed by atoms with E-state index in [0.717, 1.165) is 5.75 Å². The van der Waals surface area contributed by atoms with Crippen molar-refractivity contribution < 1.29 is 14.5 Å². The number of non-ortho nitro benzene ring substituents is 1. The van der Waals surface area contributed by atoms with E-state index in [9.17, 15) is 14.9 Å². The van der Waals surface area contributed by atoms with E-state index in [0.29, 0.717) is 29.5 Å². The monoisotopic (exact) mass is 378 g/mol. The van der Waals surface area contributed by atoms with Crippen LogP contribution in [0.3, 0.4) is 0 Å². The molecule has 2 aromatic carbocycles. The molecule has 0 saturated carbocycles. The van der Waals surface area contributed by atoms with Crippen molar-refractivity contribution in [3.8, 4) is 5.75 Å². The van der Waals surface area contributed by atoms with Gasteiger partial charge in [-0.05, 0) is 36.4 Å². The summed E-state index contributed by atoms with van der Waals surface area (Å²) in [6.45, 7) is 0.974. The van der Waals surface area contributed by atoms with E-state index < -0.39 is 4.92 Å². The molecule has 3 rings (SSSR count). The van der Waals surface area contributed by atoms with E-state index in [4.69, 9.17) is 16.3 Å². The van der Waals surface area contributed by atoms with Crippen molar-refractivity contribution in [2.75, 3.05) is 18.9 Å². The third kappa shape index (κ3) is 4.24. The molecule has 0 aromatic heterocycles. The molecule has 1 aliphatic rings. The highest BCUT2D eigenvalue weighted by Crippen LogP contribution is 2.27. The molecule has 1 atom stereocenters. The Hall–Kier alpha value is -2.25. The van der Waals surface area contributed by atoms with Crippen molar-refractivity contribution in [1.29, 1.82) is 0 Å². The lowest BCUT2D eigenvalue weighted by Gasteiger charge is -2.24. The van der Waals surface area contributed by atoms with Gasteiger partial charge in [0.25, 0.3) is 11.6 Å². The number of hydrogen-bond acceptors (Lipinski definition) is 5. The number of amides is 1. The summed E-state index contributed by atoms with van der Waals surface area (Å²) in [6.07, 6.45) is 0. The molecule has 6 nitrogen and oxygen atoms in total. The zero-order chi connectivity index (χ0) is 17.8. The minimum absolute atomic E-state index is 0.0159. The fraction of sp³-hybridized carbons (Fsp3) is 0.235. The Kier molecular flexibility index (Phi) is 5.45. The number of rotatable bonds is 5. The predicted octanol–water partition coefficient (Wildman–Crippen LogP) is 3.84. The van der Waals surface area contributed by atoms with Crippen molar-refractivity contribution in [1.82, 2.24) is 4.90 Å². The summed E-state index contributed by atoms with van der Waals surface area (Å²) in [5, 5.41) is 11.2. The van der Waals surface area contributed by atoms with Crippen molar-refractivity contribution in [2.45, 2.75) is 5.37 Å². The second-order valence-electron chi connectivity index (χ2n) is 5.39. The SMILES string of the molecule is O=C(c1ccc(Cl)cc1)N1CCSC1COc1ccc([N+](=O)[O-])cc1. The Balaban J connectivity index is 1.62. The molecule has 1 fully saturated rings. The number of benzene rings is 2. The summed E-state index contributed by atoms with van der Waals surface area (Å²) in [6, 6.07) is 12.7. The summed E-state index contributed by atoms with van der Waals surface area (Å²) in [4.78, 5) is 24.6. The molecule has 2 aromatic rings. The van der Waals surface area contributed by atoms with Crippen LogP contribution in [-0.2, 0) is 0 Å². The van der Waals surface area contributed by atoms with Crippen LogP contribution >= 0.6 is 23.4 Å². The van der Waals surface area contributed by atoms with Crippen LogP contribution in [-0.4, -0.2) is 40.0 Å². The Bertz CT molecular complexity index is 767. The lowest BCUT2D eigenvalue weighted by atomic mass is 10.2. The molecule has 8 heteroatoms. The molecular formula is C17H15ClN2O4S. The molecule has 0 bridgehead atoms. The lowest BCUT2D eigenvalue weighted by molar-refractivity contribution is -0.384. The first-order valence-electron chi connectivity index (χ1n) is 7.60. The molecule has 1 saturated heterocycles. The summed E-state index contributed by atoms with van der Waals surface area (Å²) >= 11 is 7.51. The van der Waals surface area contributed by atoms with Gasteiger partial charge in [-0.3, -0.25) is 14.9 Å². The number of hydrogen-bond donors (Lipinski definition) is 0. The van der Waals surface area contributed by atoms with Crippen LogP contribution in [0.1, 0.15) is 10.4 Å². The lowest BCUT2D eigenvalue weighted by Crippen LogP contribution is -2.38. The van der Waals surface area contributed by atoms with Gasteiger partial charge < -0.3 is 9.64 Å². The molecular weight excluding hydrogens is 364 g/mol. The highest BCUT2D eigenvalue weighted by atomic mass is 35.5. The van der Waals surface area contributed by atoms with Crippen LogP contribution < -0.4 is 4.74 Å². The van der Waals surface area contributed by atoms with Gasteiger partial charge >= 0.3 is 0 Å². The van der Waals surface area contributed by atoms with Crippen molar-refractivity contribution >= 4 is 35.0 Å². The summed E-state index contributed by atoms with van der Waals surface area (Å²) in [5.74, 6) is 1.32. The average Bonchev–Trinajstić information content (AvgIpc) is 3.09. The van der Waals surface area contributed by atoms with Crippen LogP contribution in [0.2, 0.25) is 5.02 Å². The number of thioether (sulfide) groups is 1. The number of nitrogens with zero attached hydrogens (tertiary/aromatic N) is 2. The highest BCUT2D eigenvalue weighted by molar-refractivity contribution is 8.00. The van der Waals surface area contributed by atoms with Crippen LogP contribution in [0.5, 0.6) is 5.75 Å². The second kappa shape index (κ2) is 7.76. The van der Waals surface area contributed by atoms with Crippen LogP contribution in [0, 0.1) is 10.1 Å². The van der Waals surface area contributed by atoms with E-state index >= 15 is 0 Å². The van der Waals surface area contributed by atoms with Crippen molar-refractivity contribution in [3.63, 3.8) is 0 Å². The Morgan fingerprint density at radius 2 is 1.92 bits per heavy atom. The molecule has 1 unspecified atom stereocenters. The van der Waals surface area contributed by atoms with Gasteiger partial charge in [-0.2, -0.15) is 0 Å². The third-order valence-electron chi connectivity index (χ3n) is 3.78. The first kappa shape index (κ1) is 17.6. The highest BCUT2D eigenvalue weighted by Gasteiger charge is 2.30. The number of halogens is 1. The zero-order valence-electron chi connectivity index (χ0n) is 13.1. The number of carbonyl (C=O) groups excluding carboxylic acids is 1. The van der Waals surface area contributed by atoms with Crippen molar-refractivity contribution in [3.05, 3.63) is 69.2 Å². The molecule has 1 heterocycles. The Morgan fingerprint density at radius 3 is 2.56 bits per heavy atom. The molecule has 0 radical (unpaired) electrons. The largest absolute Gasteiger partial charge is 0.491 e. The van der Waals surface area contributed by atoms with E-state index in [1.54, 1.807) is 53.1 Å². The standard InChI is InChI=1S/C17H15ClN2O4S/c18-13-3-1-12(2-4-13)17(21)19-9-10-25-16(19)11-24-15-7-5-14(6-8-15)20(22)23/h1-8,16H,9-11H2.